The van der Waals surface area contributed by atoms with Gasteiger partial charge in [-0.25, -0.2) is 4.39 Å². The summed E-state index contributed by atoms with van der Waals surface area (Å²) in [6.07, 6.45) is 1.66. The Balaban J connectivity index is 0.00000112. The summed E-state index contributed by atoms with van der Waals surface area (Å²) in [5.74, 6) is 0. The molecule has 0 aliphatic rings. The summed E-state index contributed by atoms with van der Waals surface area (Å²) in [5.41, 5.74) is 7.33. The van der Waals surface area contributed by atoms with E-state index in [2.05, 4.69) is 4.98 Å². The predicted molar refractivity (Wildman–Crippen MR) is 61.9 cm³/mol. The maximum Gasteiger partial charge on any atom is 0.109 e. The standard InChI is InChI=1S/C11H11FN2.ClH/c12-7-10(13)8-5-6-14-11-4-2-1-3-9(8)11;/h1-6,10H,7,13H2;1H/t10-;/m1./s1. The van der Waals surface area contributed by atoms with E-state index in [1.54, 1.807) is 12.3 Å². The minimum absolute atomic E-state index is 0. The fraction of sp³-hybridized carbons (Fsp3) is 0.182. The van der Waals surface area contributed by atoms with Crippen LogP contribution in [0.2, 0.25) is 0 Å². The Morgan fingerprint density at radius 1 is 1.27 bits per heavy atom. The lowest BCUT2D eigenvalue weighted by atomic mass is 10.0. The van der Waals surface area contributed by atoms with E-state index in [4.69, 9.17) is 5.73 Å². The molecule has 4 heteroatoms. The number of fused-ring (bicyclic) bond motifs is 1. The Labute approximate surface area is 93.7 Å². The average Bonchev–Trinajstić information content (AvgIpc) is 2.27. The highest BCUT2D eigenvalue weighted by atomic mass is 35.5. The molecule has 0 aliphatic carbocycles. The Kier molecular flexibility index (Phi) is 4.00. The van der Waals surface area contributed by atoms with Gasteiger partial charge in [0.15, 0.2) is 0 Å². The van der Waals surface area contributed by atoms with Gasteiger partial charge in [0.1, 0.15) is 6.67 Å². The fourth-order valence-corrected chi connectivity index (χ4v) is 1.52. The molecular weight excluding hydrogens is 215 g/mol. The van der Waals surface area contributed by atoms with E-state index in [-0.39, 0.29) is 12.4 Å². The van der Waals surface area contributed by atoms with Gasteiger partial charge in [-0.05, 0) is 17.7 Å². The van der Waals surface area contributed by atoms with Crippen molar-refractivity contribution in [1.82, 2.24) is 4.98 Å². The second-order valence-corrected chi connectivity index (χ2v) is 3.18. The number of nitrogens with two attached hydrogens (primary N) is 1. The molecule has 2 aromatic rings. The first-order chi connectivity index (χ1) is 6.83. The van der Waals surface area contributed by atoms with Crippen LogP contribution in [0, 0.1) is 0 Å². The van der Waals surface area contributed by atoms with Crippen molar-refractivity contribution in [3.8, 4) is 0 Å². The molecule has 80 valence electrons. The summed E-state index contributed by atoms with van der Waals surface area (Å²) in [7, 11) is 0. The summed E-state index contributed by atoms with van der Waals surface area (Å²) in [5, 5.41) is 0.931. The topological polar surface area (TPSA) is 38.9 Å². The fourth-order valence-electron chi connectivity index (χ4n) is 1.52. The van der Waals surface area contributed by atoms with E-state index in [0.29, 0.717) is 0 Å². The highest BCUT2D eigenvalue weighted by Crippen LogP contribution is 2.21. The molecule has 0 spiro atoms. The SMILES string of the molecule is Cl.N[C@H](CF)c1ccnc2ccccc12. The smallest absolute Gasteiger partial charge is 0.109 e. The molecule has 0 bridgehead atoms. The van der Waals surface area contributed by atoms with Gasteiger partial charge < -0.3 is 5.73 Å². The molecule has 1 atom stereocenters. The van der Waals surface area contributed by atoms with E-state index in [1.165, 1.54) is 0 Å². The van der Waals surface area contributed by atoms with Crippen LogP contribution in [-0.2, 0) is 0 Å². The Hall–Kier alpha value is -1.19. The molecule has 1 aromatic heterocycles. The summed E-state index contributed by atoms with van der Waals surface area (Å²) in [6, 6.07) is 8.82. The molecule has 0 fully saturated rings. The molecule has 0 radical (unpaired) electrons. The first-order valence-electron chi connectivity index (χ1n) is 4.48. The van der Waals surface area contributed by atoms with Crippen LogP contribution >= 0.6 is 12.4 Å². The zero-order valence-corrected chi connectivity index (χ0v) is 8.88. The van der Waals surface area contributed by atoms with Gasteiger partial charge >= 0.3 is 0 Å². The van der Waals surface area contributed by atoms with Gasteiger partial charge in [0.25, 0.3) is 0 Å². The number of nitrogens with zero attached hydrogens (tertiary/aromatic N) is 1. The van der Waals surface area contributed by atoms with Crippen molar-refractivity contribution in [2.24, 2.45) is 5.73 Å². The van der Waals surface area contributed by atoms with Crippen molar-refractivity contribution in [3.05, 3.63) is 42.1 Å². The number of alkyl halides is 1. The number of rotatable bonds is 2. The monoisotopic (exact) mass is 226 g/mol. The van der Waals surface area contributed by atoms with Crippen LogP contribution in [0.15, 0.2) is 36.5 Å². The van der Waals surface area contributed by atoms with Gasteiger partial charge in [0.05, 0.1) is 11.6 Å². The normalized spacial score (nSPS) is 12.1. The van der Waals surface area contributed by atoms with Crippen LogP contribution in [0.3, 0.4) is 0 Å². The molecule has 2 nitrogen and oxygen atoms in total. The van der Waals surface area contributed by atoms with Crippen LogP contribution in [0.5, 0.6) is 0 Å². The molecule has 0 aliphatic heterocycles. The number of benzene rings is 1. The highest BCUT2D eigenvalue weighted by Gasteiger charge is 2.08. The number of halogens is 2. The second kappa shape index (κ2) is 5.05. The van der Waals surface area contributed by atoms with Crippen molar-refractivity contribution in [1.29, 1.82) is 0 Å². The number of hydrogen-bond acceptors (Lipinski definition) is 2. The molecule has 0 saturated heterocycles. The van der Waals surface area contributed by atoms with Crippen LogP contribution < -0.4 is 5.73 Å². The first-order valence-corrected chi connectivity index (χ1v) is 4.48. The third kappa shape index (κ3) is 2.25. The van der Waals surface area contributed by atoms with Gasteiger partial charge in [-0.2, -0.15) is 0 Å². The second-order valence-electron chi connectivity index (χ2n) is 3.18. The van der Waals surface area contributed by atoms with Gasteiger partial charge in [0, 0.05) is 11.6 Å². The molecule has 2 N–H and O–H groups in total. The van der Waals surface area contributed by atoms with Crippen molar-refractivity contribution in [3.63, 3.8) is 0 Å². The van der Waals surface area contributed by atoms with Gasteiger partial charge in [0.2, 0.25) is 0 Å². The summed E-state index contributed by atoms with van der Waals surface area (Å²) in [4.78, 5) is 4.18. The molecule has 0 amide bonds. The van der Waals surface area contributed by atoms with Gasteiger partial charge in [-0.3, -0.25) is 4.98 Å². The van der Waals surface area contributed by atoms with Crippen LogP contribution in [0.4, 0.5) is 4.39 Å². The first kappa shape index (κ1) is 11.9. The average molecular weight is 227 g/mol. The minimum Gasteiger partial charge on any atom is -0.322 e. The number of para-hydroxylation sites is 1. The van der Waals surface area contributed by atoms with Crippen molar-refractivity contribution >= 4 is 23.3 Å². The highest BCUT2D eigenvalue weighted by molar-refractivity contribution is 5.85. The summed E-state index contributed by atoms with van der Waals surface area (Å²) >= 11 is 0. The molecule has 15 heavy (non-hydrogen) atoms. The van der Waals surface area contributed by atoms with E-state index in [9.17, 15) is 4.39 Å². The minimum atomic E-state index is -0.553. The molecule has 0 saturated carbocycles. The quantitative estimate of drug-likeness (QED) is 0.855. The third-order valence-corrected chi connectivity index (χ3v) is 2.25. The Morgan fingerprint density at radius 3 is 2.73 bits per heavy atom. The van der Waals surface area contributed by atoms with Gasteiger partial charge in [-0.1, -0.05) is 18.2 Å². The maximum absolute atomic E-state index is 12.5. The van der Waals surface area contributed by atoms with Crippen molar-refractivity contribution < 1.29 is 4.39 Å². The van der Waals surface area contributed by atoms with Crippen molar-refractivity contribution in [2.75, 3.05) is 6.67 Å². The van der Waals surface area contributed by atoms with E-state index < -0.39 is 12.7 Å². The number of aromatic nitrogens is 1. The van der Waals surface area contributed by atoms with Crippen molar-refractivity contribution in [2.45, 2.75) is 6.04 Å². The lowest BCUT2D eigenvalue weighted by Crippen LogP contribution is -2.12. The molecule has 2 rings (SSSR count). The Morgan fingerprint density at radius 2 is 2.00 bits per heavy atom. The predicted octanol–water partition coefficient (Wildman–Crippen LogP) is 2.63. The largest absolute Gasteiger partial charge is 0.322 e. The molecule has 1 heterocycles. The van der Waals surface area contributed by atoms with E-state index in [1.807, 2.05) is 24.3 Å². The zero-order chi connectivity index (χ0) is 9.97. The lowest BCUT2D eigenvalue weighted by molar-refractivity contribution is 0.438. The summed E-state index contributed by atoms with van der Waals surface area (Å²) < 4.78 is 12.5. The zero-order valence-electron chi connectivity index (χ0n) is 8.06. The molecule has 0 unspecified atom stereocenters. The molecule has 1 aromatic carbocycles. The maximum atomic E-state index is 12.5. The van der Waals surface area contributed by atoms with Gasteiger partial charge in [-0.15, -0.1) is 12.4 Å². The summed E-state index contributed by atoms with van der Waals surface area (Å²) in [6.45, 7) is -0.548. The number of pyridine rings is 1. The van der Waals surface area contributed by atoms with E-state index in [0.717, 1.165) is 16.5 Å². The number of hydrogen-bond donors (Lipinski definition) is 1. The van der Waals surface area contributed by atoms with E-state index >= 15 is 0 Å². The van der Waals surface area contributed by atoms with Crippen LogP contribution in [0.25, 0.3) is 10.9 Å². The molecular formula is C11H12ClFN2. The van der Waals surface area contributed by atoms with Crippen LogP contribution in [0.1, 0.15) is 11.6 Å². The third-order valence-electron chi connectivity index (χ3n) is 2.25. The van der Waals surface area contributed by atoms with Crippen LogP contribution in [-0.4, -0.2) is 11.7 Å². The lowest BCUT2D eigenvalue weighted by Gasteiger charge is -2.09. The Bertz CT molecular complexity index is 442.